The summed E-state index contributed by atoms with van der Waals surface area (Å²) in [6, 6.07) is 10.8. The molecule has 2 atom stereocenters. The highest BCUT2D eigenvalue weighted by Gasteiger charge is 2.24. The predicted octanol–water partition coefficient (Wildman–Crippen LogP) is 7.29. The van der Waals surface area contributed by atoms with Crippen molar-refractivity contribution in [2.24, 2.45) is 0 Å². The van der Waals surface area contributed by atoms with Crippen molar-refractivity contribution in [3.05, 3.63) is 87.6 Å². The van der Waals surface area contributed by atoms with Gasteiger partial charge in [-0.3, -0.25) is 0 Å². The molecule has 8 heteroatoms. The van der Waals surface area contributed by atoms with E-state index < -0.39 is 11.6 Å². The first-order valence-corrected chi connectivity index (χ1v) is 9.93. The maximum atomic E-state index is 6.70. The number of rotatable bonds is 6. The molecule has 0 aliphatic heterocycles. The van der Waals surface area contributed by atoms with E-state index in [1.165, 1.54) is 0 Å². The van der Waals surface area contributed by atoms with Gasteiger partial charge in [-0.25, -0.2) is 4.98 Å². The van der Waals surface area contributed by atoms with E-state index in [-0.39, 0.29) is 6.61 Å². The van der Waals surface area contributed by atoms with Crippen molar-refractivity contribution in [3.63, 3.8) is 0 Å². The molecule has 0 saturated heterocycles. The van der Waals surface area contributed by atoms with Gasteiger partial charge in [-0.05, 0) is 23.8 Å². The number of halogens is 4. The molecule has 4 nitrogen and oxygen atoms in total. The average Bonchev–Trinajstić information content (AvgIpc) is 3.33. The number of hydrogen-bond acceptors (Lipinski definition) is 3. The molecule has 4 rings (SSSR count). The summed E-state index contributed by atoms with van der Waals surface area (Å²) in [5.41, 5.74) is 1.80. The van der Waals surface area contributed by atoms with Crippen LogP contribution in [0.15, 0.2) is 65.8 Å². The number of furan rings is 1. The molecular formula is C20H14Cl4N2O2. The molecule has 2 aromatic carbocycles. The molecule has 2 unspecified atom stereocenters. The van der Waals surface area contributed by atoms with E-state index in [1.54, 1.807) is 53.8 Å². The second-order valence-corrected chi connectivity index (χ2v) is 7.91. The van der Waals surface area contributed by atoms with Crippen molar-refractivity contribution >= 4 is 57.4 Å². The largest absolute Gasteiger partial charge is 0.464 e. The molecule has 2 heterocycles. The molecule has 144 valence electrons. The van der Waals surface area contributed by atoms with Crippen LogP contribution >= 0.6 is 46.4 Å². The van der Waals surface area contributed by atoms with Gasteiger partial charge in [-0.2, -0.15) is 0 Å². The van der Waals surface area contributed by atoms with Crippen LogP contribution in [0.1, 0.15) is 22.7 Å². The lowest BCUT2D eigenvalue weighted by atomic mass is 10.1. The summed E-state index contributed by atoms with van der Waals surface area (Å²) in [5.74, 6) is 0. The molecule has 2 aromatic heterocycles. The first kappa shape index (κ1) is 19.6. The minimum atomic E-state index is -0.508. The van der Waals surface area contributed by atoms with Crippen LogP contribution in [0.5, 0.6) is 0 Å². The van der Waals surface area contributed by atoms with E-state index in [0.29, 0.717) is 20.7 Å². The summed E-state index contributed by atoms with van der Waals surface area (Å²) in [4.78, 5) is 4.06. The summed E-state index contributed by atoms with van der Waals surface area (Å²) in [6.45, 7) is 0.250. The Kier molecular flexibility index (Phi) is 5.85. The first-order chi connectivity index (χ1) is 13.5. The number of alkyl halides is 1. The van der Waals surface area contributed by atoms with Crippen LogP contribution in [0, 0.1) is 0 Å². The Hall–Kier alpha value is -1.69. The molecule has 0 saturated carbocycles. The second kappa shape index (κ2) is 8.36. The highest BCUT2D eigenvalue weighted by molar-refractivity contribution is 6.38. The van der Waals surface area contributed by atoms with E-state index in [1.807, 2.05) is 12.1 Å². The number of hydrogen-bond donors (Lipinski definition) is 0. The van der Waals surface area contributed by atoms with Crippen molar-refractivity contribution in [2.75, 3.05) is 0 Å². The zero-order valence-electron chi connectivity index (χ0n) is 14.4. The molecule has 0 spiro atoms. The number of imidazole rings is 1. The zero-order valence-corrected chi connectivity index (χ0v) is 17.4. The van der Waals surface area contributed by atoms with Crippen LogP contribution in [0.4, 0.5) is 0 Å². The third-order valence-electron chi connectivity index (χ3n) is 4.34. The normalized spacial score (nSPS) is 13.7. The summed E-state index contributed by atoms with van der Waals surface area (Å²) in [6.07, 6.45) is 6.27. The highest BCUT2D eigenvalue weighted by Crippen LogP contribution is 2.37. The van der Waals surface area contributed by atoms with Gasteiger partial charge >= 0.3 is 0 Å². The van der Waals surface area contributed by atoms with E-state index >= 15 is 0 Å². The molecule has 28 heavy (non-hydrogen) atoms. The SMILES string of the molecule is Clc1ccc(C(OCc2coc3cc(Cl)cc(Cl)c23)C(Cl)n2ccnc2)cc1. The summed E-state index contributed by atoms with van der Waals surface area (Å²) < 4.78 is 13.6. The Bertz CT molecular complexity index is 1080. The smallest absolute Gasteiger partial charge is 0.139 e. The monoisotopic (exact) mass is 454 g/mol. The minimum Gasteiger partial charge on any atom is -0.464 e. The third kappa shape index (κ3) is 4.02. The summed E-state index contributed by atoms with van der Waals surface area (Å²) in [5, 5.41) is 2.43. The molecule has 0 fully saturated rings. The van der Waals surface area contributed by atoms with E-state index in [9.17, 15) is 0 Å². The lowest BCUT2D eigenvalue weighted by Crippen LogP contribution is -2.15. The van der Waals surface area contributed by atoms with Gasteiger partial charge in [0.15, 0.2) is 0 Å². The number of benzene rings is 2. The fourth-order valence-corrected chi connectivity index (χ4v) is 4.05. The van der Waals surface area contributed by atoms with Gasteiger partial charge in [-0.15, -0.1) is 0 Å². The topological polar surface area (TPSA) is 40.2 Å². The van der Waals surface area contributed by atoms with Crippen molar-refractivity contribution in [3.8, 4) is 0 Å². The van der Waals surface area contributed by atoms with Gasteiger partial charge in [0.2, 0.25) is 0 Å². The number of aromatic nitrogens is 2. The fourth-order valence-electron chi connectivity index (χ4n) is 2.99. The fraction of sp³-hybridized carbons (Fsp3) is 0.150. The van der Waals surface area contributed by atoms with E-state index in [4.69, 9.17) is 55.6 Å². The molecular weight excluding hydrogens is 442 g/mol. The van der Waals surface area contributed by atoms with Crippen molar-refractivity contribution in [2.45, 2.75) is 18.2 Å². The van der Waals surface area contributed by atoms with Crippen molar-refractivity contribution in [1.29, 1.82) is 0 Å². The maximum absolute atomic E-state index is 6.70. The Morgan fingerprint density at radius 2 is 1.86 bits per heavy atom. The van der Waals surface area contributed by atoms with Gasteiger partial charge in [0.25, 0.3) is 0 Å². The number of nitrogens with zero attached hydrogens (tertiary/aromatic N) is 2. The van der Waals surface area contributed by atoms with Crippen LogP contribution in [0.3, 0.4) is 0 Å². The van der Waals surface area contributed by atoms with Crippen LogP contribution in [-0.2, 0) is 11.3 Å². The molecule has 0 amide bonds. The molecule has 0 aliphatic rings. The zero-order chi connectivity index (χ0) is 19.7. The molecule has 0 aliphatic carbocycles. The van der Waals surface area contributed by atoms with E-state index in [0.717, 1.165) is 16.5 Å². The first-order valence-electron chi connectivity index (χ1n) is 8.36. The van der Waals surface area contributed by atoms with Crippen LogP contribution in [-0.4, -0.2) is 9.55 Å². The van der Waals surface area contributed by atoms with Gasteiger partial charge in [-0.1, -0.05) is 58.5 Å². The second-order valence-electron chi connectivity index (χ2n) is 6.19. The van der Waals surface area contributed by atoms with Gasteiger partial charge < -0.3 is 13.7 Å². The van der Waals surface area contributed by atoms with Crippen molar-refractivity contribution in [1.82, 2.24) is 9.55 Å². The molecule has 4 aromatic rings. The lowest BCUT2D eigenvalue weighted by Gasteiger charge is -2.24. The number of fused-ring (bicyclic) bond motifs is 1. The Labute approximate surface area is 181 Å². The quantitative estimate of drug-likeness (QED) is 0.286. The average molecular weight is 456 g/mol. The molecule has 0 radical (unpaired) electrons. The predicted molar refractivity (Wildman–Crippen MR) is 112 cm³/mol. The third-order valence-corrected chi connectivity index (χ3v) is 5.57. The van der Waals surface area contributed by atoms with Crippen molar-refractivity contribution < 1.29 is 9.15 Å². The Morgan fingerprint density at radius 1 is 1.07 bits per heavy atom. The van der Waals surface area contributed by atoms with Gasteiger partial charge in [0.1, 0.15) is 17.2 Å². The van der Waals surface area contributed by atoms with Crippen LogP contribution < -0.4 is 0 Å². The Morgan fingerprint density at radius 3 is 2.57 bits per heavy atom. The van der Waals surface area contributed by atoms with Gasteiger partial charge in [0.05, 0.1) is 24.2 Å². The summed E-state index contributed by atoms with van der Waals surface area (Å²) >= 11 is 25.1. The molecule has 0 N–H and O–H groups in total. The lowest BCUT2D eigenvalue weighted by molar-refractivity contribution is 0.0238. The van der Waals surface area contributed by atoms with Gasteiger partial charge in [0, 0.05) is 39.5 Å². The van der Waals surface area contributed by atoms with Crippen LogP contribution in [0.2, 0.25) is 15.1 Å². The molecule has 0 bridgehead atoms. The van der Waals surface area contributed by atoms with E-state index in [2.05, 4.69) is 4.98 Å². The maximum Gasteiger partial charge on any atom is 0.139 e. The summed E-state index contributed by atoms with van der Waals surface area (Å²) in [7, 11) is 0. The van der Waals surface area contributed by atoms with Crippen LogP contribution in [0.25, 0.3) is 11.0 Å². The Balaban J connectivity index is 1.64. The minimum absolute atomic E-state index is 0.250. The standard InChI is InChI=1S/C20H14Cl4N2O2/c21-14-3-1-12(2-4-14)19(20(24)26-6-5-25-11-26)28-10-13-9-27-17-8-15(22)7-16(23)18(13)17/h1-9,11,19-20H,10H2. The highest BCUT2D eigenvalue weighted by atomic mass is 35.5. The number of ether oxygens (including phenoxy) is 1.